The van der Waals surface area contributed by atoms with E-state index in [0.29, 0.717) is 13.2 Å². The van der Waals surface area contributed by atoms with Crippen LogP contribution in [-0.2, 0) is 14.3 Å². The number of likely N-dealkylation sites (N-methyl/N-ethyl adjacent to an activating group) is 1. The van der Waals surface area contributed by atoms with Gasteiger partial charge in [0, 0.05) is 19.7 Å². The van der Waals surface area contributed by atoms with E-state index in [-0.39, 0.29) is 18.5 Å². The molecule has 0 amide bonds. The van der Waals surface area contributed by atoms with Crippen molar-refractivity contribution in [1.82, 2.24) is 4.90 Å². The fourth-order valence-electron chi connectivity index (χ4n) is 2.18. The van der Waals surface area contributed by atoms with Gasteiger partial charge in [-0.3, -0.25) is 9.69 Å². The van der Waals surface area contributed by atoms with Crippen LogP contribution in [0, 0.1) is 0 Å². The van der Waals surface area contributed by atoms with E-state index >= 15 is 0 Å². The van der Waals surface area contributed by atoms with Crippen molar-refractivity contribution >= 4 is 5.97 Å². The molecule has 0 spiro atoms. The van der Waals surface area contributed by atoms with E-state index < -0.39 is 6.10 Å². The number of carbonyl (C=O) groups is 1. The number of hydrogen-bond donors (Lipinski definition) is 1. The molecule has 1 saturated heterocycles. The summed E-state index contributed by atoms with van der Waals surface area (Å²) in [6.07, 6.45) is 1.89. The van der Waals surface area contributed by atoms with Gasteiger partial charge < -0.3 is 14.6 Å². The second-order valence-electron chi connectivity index (χ2n) is 4.65. The monoisotopic (exact) mass is 259 g/mol. The van der Waals surface area contributed by atoms with Crippen LogP contribution in [0.3, 0.4) is 0 Å². The minimum absolute atomic E-state index is 0.0653. The summed E-state index contributed by atoms with van der Waals surface area (Å²) in [6, 6.07) is 0. The van der Waals surface area contributed by atoms with Gasteiger partial charge in [0.25, 0.3) is 0 Å². The van der Waals surface area contributed by atoms with E-state index in [4.69, 9.17) is 9.47 Å². The number of aliphatic hydroxyl groups excluding tert-OH is 1. The second-order valence-corrected chi connectivity index (χ2v) is 4.65. The second kappa shape index (κ2) is 8.45. The van der Waals surface area contributed by atoms with Crippen molar-refractivity contribution in [2.45, 2.75) is 45.3 Å². The highest BCUT2D eigenvalue weighted by molar-refractivity contribution is 5.69. The number of rotatable bonds is 8. The van der Waals surface area contributed by atoms with E-state index in [2.05, 4.69) is 4.90 Å². The molecular weight excluding hydrogens is 234 g/mol. The molecule has 2 atom stereocenters. The topological polar surface area (TPSA) is 59.0 Å². The molecule has 106 valence electrons. The predicted molar refractivity (Wildman–Crippen MR) is 68.3 cm³/mol. The maximum atomic E-state index is 11.2. The van der Waals surface area contributed by atoms with Crippen LogP contribution in [0.2, 0.25) is 0 Å². The summed E-state index contributed by atoms with van der Waals surface area (Å²) in [4.78, 5) is 13.4. The van der Waals surface area contributed by atoms with Crippen molar-refractivity contribution in [1.29, 1.82) is 0 Å². The SMILES string of the molecule is CCOC(=O)CC(O)CN(CC)CC1CCCO1. The van der Waals surface area contributed by atoms with Crippen LogP contribution in [0.15, 0.2) is 0 Å². The quantitative estimate of drug-likeness (QED) is 0.653. The third-order valence-electron chi connectivity index (χ3n) is 3.11. The van der Waals surface area contributed by atoms with E-state index in [1.54, 1.807) is 6.92 Å². The Labute approximate surface area is 109 Å². The molecule has 1 N–H and O–H groups in total. The van der Waals surface area contributed by atoms with E-state index in [9.17, 15) is 9.90 Å². The van der Waals surface area contributed by atoms with Crippen LogP contribution < -0.4 is 0 Å². The Bertz CT molecular complexity index is 241. The number of aliphatic hydroxyl groups is 1. The van der Waals surface area contributed by atoms with Gasteiger partial charge in [-0.25, -0.2) is 0 Å². The number of esters is 1. The van der Waals surface area contributed by atoms with Crippen LogP contribution >= 0.6 is 0 Å². The first-order valence-electron chi connectivity index (χ1n) is 6.83. The molecule has 2 unspecified atom stereocenters. The maximum absolute atomic E-state index is 11.2. The summed E-state index contributed by atoms with van der Waals surface area (Å²) in [5, 5.41) is 9.84. The third kappa shape index (κ3) is 5.80. The Morgan fingerprint density at radius 2 is 2.33 bits per heavy atom. The number of hydrogen-bond acceptors (Lipinski definition) is 5. The third-order valence-corrected chi connectivity index (χ3v) is 3.11. The highest BCUT2D eigenvalue weighted by Gasteiger charge is 2.21. The summed E-state index contributed by atoms with van der Waals surface area (Å²) in [5.41, 5.74) is 0. The summed E-state index contributed by atoms with van der Waals surface area (Å²) < 4.78 is 10.4. The summed E-state index contributed by atoms with van der Waals surface area (Å²) >= 11 is 0. The zero-order valence-corrected chi connectivity index (χ0v) is 11.4. The molecular formula is C13H25NO4. The first-order chi connectivity index (χ1) is 8.65. The average Bonchev–Trinajstić information content (AvgIpc) is 2.81. The van der Waals surface area contributed by atoms with E-state index in [0.717, 1.165) is 32.5 Å². The average molecular weight is 259 g/mol. The van der Waals surface area contributed by atoms with Crippen molar-refractivity contribution in [2.24, 2.45) is 0 Å². The minimum atomic E-state index is -0.662. The Morgan fingerprint density at radius 1 is 1.56 bits per heavy atom. The number of carbonyl (C=O) groups excluding carboxylic acids is 1. The molecule has 1 fully saturated rings. The summed E-state index contributed by atoms with van der Waals surface area (Å²) in [6.45, 7) is 7.18. The molecule has 1 aliphatic rings. The Morgan fingerprint density at radius 3 is 2.89 bits per heavy atom. The van der Waals surface area contributed by atoms with Crippen LogP contribution in [-0.4, -0.2) is 61.0 Å². The zero-order chi connectivity index (χ0) is 13.4. The highest BCUT2D eigenvalue weighted by Crippen LogP contribution is 2.13. The van der Waals surface area contributed by atoms with Gasteiger partial charge in [0.15, 0.2) is 0 Å². The number of nitrogens with zero attached hydrogens (tertiary/aromatic N) is 1. The molecule has 1 aliphatic heterocycles. The molecule has 0 aliphatic carbocycles. The molecule has 5 heteroatoms. The van der Waals surface area contributed by atoms with Gasteiger partial charge in [0.05, 0.1) is 25.2 Å². The smallest absolute Gasteiger partial charge is 0.308 e. The largest absolute Gasteiger partial charge is 0.466 e. The van der Waals surface area contributed by atoms with Gasteiger partial charge in [0.1, 0.15) is 0 Å². The highest BCUT2D eigenvalue weighted by atomic mass is 16.5. The molecule has 0 saturated carbocycles. The minimum Gasteiger partial charge on any atom is -0.466 e. The first kappa shape index (κ1) is 15.4. The lowest BCUT2D eigenvalue weighted by atomic mass is 10.2. The van der Waals surface area contributed by atoms with Crippen molar-refractivity contribution in [3.63, 3.8) is 0 Å². The first-order valence-corrected chi connectivity index (χ1v) is 6.83. The van der Waals surface area contributed by atoms with Gasteiger partial charge in [-0.1, -0.05) is 6.92 Å². The van der Waals surface area contributed by atoms with E-state index in [1.807, 2.05) is 6.92 Å². The van der Waals surface area contributed by atoms with Gasteiger partial charge in [-0.05, 0) is 26.3 Å². The normalized spacial score (nSPS) is 21.2. The Kier molecular flexibility index (Phi) is 7.23. The molecule has 1 heterocycles. The number of ether oxygens (including phenoxy) is 2. The predicted octanol–water partition coefficient (Wildman–Crippen LogP) is 0.801. The zero-order valence-electron chi connectivity index (χ0n) is 11.4. The Hall–Kier alpha value is -0.650. The molecule has 18 heavy (non-hydrogen) atoms. The molecule has 0 aromatic heterocycles. The molecule has 0 bridgehead atoms. The fraction of sp³-hybridized carbons (Fsp3) is 0.923. The molecule has 0 aromatic carbocycles. The molecule has 0 aromatic rings. The molecule has 0 radical (unpaired) electrons. The molecule has 5 nitrogen and oxygen atoms in total. The fourth-order valence-corrected chi connectivity index (χ4v) is 2.18. The van der Waals surface area contributed by atoms with Crippen LogP contribution in [0.25, 0.3) is 0 Å². The van der Waals surface area contributed by atoms with Crippen molar-refractivity contribution in [3.05, 3.63) is 0 Å². The van der Waals surface area contributed by atoms with Gasteiger partial charge in [-0.15, -0.1) is 0 Å². The molecule has 1 rings (SSSR count). The lowest BCUT2D eigenvalue weighted by Gasteiger charge is -2.25. The lowest BCUT2D eigenvalue weighted by Crippen LogP contribution is -2.38. The van der Waals surface area contributed by atoms with Crippen LogP contribution in [0.4, 0.5) is 0 Å². The van der Waals surface area contributed by atoms with E-state index in [1.165, 1.54) is 0 Å². The van der Waals surface area contributed by atoms with Crippen molar-refractivity contribution in [3.8, 4) is 0 Å². The van der Waals surface area contributed by atoms with Gasteiger partial charge >= 0.3 is 5.97 Å². The van der Waals surface area contributed by atoms with Crippen molar-refractivity contribution < 1.29 is 19.4 Å². The summed E-state index contributed by atoms with van der Waals surface area (Å²) in [5.74, 6) is -0.335. The van der Waals surface area contributed by atoms with Crippen LogP contribution in [0.1, 0.15) is 33.1 Å². The van der Waals surface area contributed by atoms with Gasteiger partial charge in [-0.2, -0.15) is 0 Å². The standard InChI is InChI=1S/C13H25NO4/c1-3-14(10-12-6-5-7-18-12)9-11(15)8-13(16)17-4-2/h11-12,15H,3-10H2,1-2H3. The van der Waals surface area contributed by atoms with Gasteiger partial charge in [0.2, 0.25) is 0 Å². The van der Waals surface area contributed by atoms with Crippen molar-refractivity contribution in [2.75, 3.05) is 32.8 Å². The summed E-state index contributed by atoms with van der Waals surface area (Å²) in [7, 11) is 0. The lowest BCUT2D eigenvalue weighted by molar-refractivity contribution is -0.145. The maximum Gasteiger partial charge on any atom is 0.308 e. The Balaban J connectivity index is 2.25. The van der Waals surface area contributed by atoms with Crippen LogP contribution in [0.5, 0.6) is 0 Å².